The van der Waals surface area contributed by atoms with E-state index in [1.807, 2.05) is 0 Å². The maximum Gasteiger partial charge on any atom is 0.338 e. The Morgan fingerprint density at radius 2 is 2.00 bits per heavy atom. The first kappa shape index (κ1) is 24.1. The fourth-order valence-electron chi connectivity index (χ4n) is 3.44. The molecular formula is C22H24Cl2N2O6. The number of halogens is 2. The van der Waals surface area contributed by atoms with Gasteiger partial charge in [-0.05, 0) is 25.0 Å². The van der Waals surface area contributed by atoms with Crippen molar-refractivity contribution in [1.29, 1.82) is 0 Å². The summed E-state index contributed by atoms with van der Waals surface area (Å²) in [5.41, 5.74) is 0.411. The minimum absolute atomic E-state index is 0. The van der Waals surface area contributed by atoms with E-state index in [9.17, 15) is 9.90 Å². The third kappa shape index (κ3) is 4.94. The number of nitrogens with one attached hydrogen (secondary N) is 1. The number of hydrogen-bond acceptors (Lipinski definition) is 8. The Morgan fingerprint density at radius 3 is 2.69 bits per heavy atom. The third-order valence-electron chi connectivity index (χ3n) is 4.93. The van der Waals surface area contributed by atoms with Crippen LogP contribution in [0.15, 0.2) is 39.8 Å². The first-order valence-electron chi connectivity index (χ1n) is 9.64. The van der Waals surface area contributed by atoms with Gasteiger partial charge < -0.3 is 29.1 Å². The number of rotatable bonds is 6. The summed E-state index contributed by atoms with van der Waals surface area (Å²) in [6.45, 7) is -0.0941. The maximum absolute atomic E-state index is 12.4. The Bertz CT molecular complexity index is 1130. The van der Waals surface area contributed by atoms with E-state index < -0.39 is 11.9 Å². The summed E-state index contributed by atoms with van der Waals surface area (Å²) in [5.74, 6) is 0.610. The molecule has 1 aliphatic rings. The van der Waals surface area contributed by atoms with E-state index in [0.717, 1.165) is 12.8 Å². The highest BCUT2D eigenvalue weighted by Crippen LogP contribution is 2.41. The molecule has 2 unspecified atom stereocenters. The van der Waals surface area contributed by atoms with Crippen LogP contribution in [-0.2, 0) is 4.74 Å². The summed E-state index contributed by atoms with van der Waals surface area (Å²) >= 11 is 12.4. The van der Waals surface area contributed by atoms with Crippen molar-refractivity contribution in [2.45, 2.75) is 39.1 Å². The second-order valence-corrected chi connectivity index (χ2v) is 7.79. The normalized spacial score (nSPS) is 18.1. The smallest absolute Gasteiger partial charge is 0.338 e. The monoisotopic (exact) mass is 482 g/mol. The van der Waals surface area contributed by atoms with Gasteiger partial charge in [0.05, 0.1) is 41.2 Å². The highest BCUT2D eigenvalue weighted by Gasteiger charge is 2.26. The molecule has 4 rings (SSSR count). The van der Waals surface area contributed by atoms with Gasteiger partial charge in [-0.15, -0.1) is 0 Å². The minimum atomic E-state index is -0.614. The van der Waals surface area contributed by atoms with E-state index in [-0.39, 0.29) is 31.5 Å². The molecule has 0 aliphatic carbocycles. The zero-order valence-corrected chi connectivity index (χ0v) is 18.1. The maximum atomic E-state index is 12.4. The topological polar surface area (TPSA) is 103 Å². The fourth-order valence-corrected chi connectivity index (χ4v) is 3.90. The molecule has 10 heteroatoms. The quantitative estimate of drug-likeness (QED) is 0.464. The lowest BCUT2D eigenvalue weighted by Gasteiger charge is -2.29. The Kier molecular flexibility index (Phi) is 7.84. The van der Waals surface area contributed by atoms with Crippen LogP contribution in [0, 0.1) is 0 Å². The lowest BCUT2D eigenvalue weighted by atomic mass is 10.1. The lowest BCUT2D eigenvalue weighted by Crippen LogP contribution is -2.33. The standard InChI is InChI=1S/C21H20Cl2N2O6.CH4/c1-28-16-6-5-12-15(25-19-13(22)8-24-9-14(19)23)7-17(27)30-20(12)21(16)31-18-4-2-3-11(10-26)29-18;/h5-9,11,18,26H,2-4,10H2,1H3,(H,24,25);1H4. The van der Waals surface area contributed by atoms with Crippen LogP contribution in [0.4, 0.5) is 11.4 Å². The number of nitrogens with zero attached hydrogens (tertiary/aromatic N) is 1. The van der Waals surface area contributed by atoms with Gasteiger partial charge in [0.25, 0.3) is 0 Å². The van der Waals surface area contributed by atoms with E-state index in [2.05, 4.69) is 10.3 Å². The van der Waals surface area contributed by atoms with Crippen molar-refractivity contribution in [3.05, 3.63) is 51.1 Å². The Balaban J connectivity index is 0.00000289. The van der Waals surface area contributed by atoms with Crippen LogP contribution >= 0.6 is 23.2 Å². The van der Waals surface area contributed by atoms with E-state index in [1.54, 1.807) is 12.1 Å². The molecule has 1 aliphatic heterocycles. The zero-order valence-electron chi connectivity index (χ0n) is 16.6. The Labute approximate surface area is 195 Å². The summed E-state index contributed by atoms with van der Waals surface area (Å²) in [6.07, 6.45) is 4.17. The number of benzene rings is 1. The van der Waals surface area contributed by atoms with Gasteiger partial charge in [0, 0.05) is 30.3 Å². The number of anilines is 2. The van der Waals surface area contributed by atoms with Crippen LogP contribution in [0.25, 0.3) is 11.0 Å². The SMILES string of the molecule is C.COc1ccc2c(Nc3c(Cl)cncc3Cl)cc(=O)oc2c1OC1CCCC(CO)O1. The van der Waals surface area contributed by atoms with Gasteiger partial charge in [-0.2, -0.15) is 0 Å². The Hall–Kier alpha value is -2.52. The molecule has 2 aromatic heterocycles. The molecule has 0 radical (unpaired) electrons. The molecule has 1 fully saturated rings. The van der Waals surface area contributed by atoms with Crippen molar-refractivity contribution in [3.8, 4) is 11.5 Å². The molecule has 2 N–H and O–H groups in total. The van der Waals surface area contributed by atoms with Crippen molar-refractivity contribution in [3.63, 3.8) is 0 Å². The van der Waals surface area contributed by atoms with Gasteiger partial charge in [0.1, 0.15) is 0 Å². The van der Waals surface area contributed by atoms with Crippen LogP contribution in [0.3, 0.4) is 0 Å². The molecule has 8 nitrogen and oxygen atoms in total. The molecular weight excluding hydrogens is 459 g/mol. The van der Waals surface area contributed by atoms with Crippen LogP contribution in [0.1, 0.15) is 26.7 Å². The zero-order chi connectivity index (χ0) is 22.0. The van der Waals surface area contributed by atoms with Crippen LogP contribution < -0.4 is 20.4 Å². The van der Waals surface area contributed by atoms with Crippen LogP contribution in [-0.4, -0.2) is 36.2 Å². The number of methoxy groups -OCH3 is 1. The molecule has 2 atom stereocenters. The highest BCUT2D eigenvalue weighted by atomic mass is 35.5. The van der Waals surface area contributed by atoms with Crippen molar-refractivity contribution in [1.82, 2.24) is 4.98 Å². The Morgan fingerprint density at radius 1 is 1.25 bits per heavy atom. The average molecular weight is 483 g/mol. The number of pyridine rings is 1. The summed E-state index contributed by atoms with van der Waals surface area (Å²) < 4.78 is 22.7. The number of fused-ring (bicyclic) bond motifs is 1. The minimum Gasteiger partial charge on any atom is -0.493 e. The van der Waals surface area contributed by atoms with Crippen molar-refractivity contribution >= 4 is 45.5 Å². The molecule has 3 aromatic rings. The van der Waals surface area contributed by atoms with E-state index >= 15 is 0 Å². The highest BCUT2D eigenvalue weighted by molar-refractivity contribution is 6.39. The molecule has 1 aromatic carbocycles. The summed E-state index contributed by atoms with van der Waals surface area (Å²) in [5, 5.41) is 13.6. The third-order valence-corrected chi connectivity index (χ3v) is 5.50. The molecule has 0 spiro atoms. The van der Waals surface area contributed by atoms with Crippen molar-refractivity contribution in [2.24, 2.45) is 0 Å². The molecule has 0 bridgehead atoms. The molecule has 0 saturated carbocycles. The molecule has 32 heavy (non-hydrogen) atoms. The van der Waals surface area contributed by atoms with Crippen LogP contribution in [0.5, 0.6) is 11.5 Å². The summed E-state index contributed by atoms with van der Waals surface area (Å²) in [4.78, 5) is 16.3. The van der Waals surface area contributed by atoms with Crippen molar-refractivity contribution in [2.75, 3.05) is 19.0 Å². The molecule has 3 heterocycles. The van der Waals surface area contributed by atoms with E-state index in [0.29, 0.717) is 39.0 Å². The van der Waals surface area contributed by atoms with Gasteiger partial charge in [-0.3, -0.25) is 4.98 Å². The van der Waals surface area contributed by atoms with Gasteiger partial charge in [-0.25, -0.2) is 4.79 Å². The number of aliphatic hydroxyl groups excluding tert-OH is 1. The van der Waals surface area contributed by atoms with Gasteiger partial charge in [0.15, 0.2) is 11.3 Å². The average Bonchev–Trinajstić information content (AvgIpc) is 2.77. The molecule has 1 saturated heterocycles. The van der Waals surface area contributed by atoms with Crippen LogP contribution in [0.2, 0.25) is 10.0 Å². The van der Waals surface area contributed by atoms with Gasteiger partial charge >= 0.3 is 5.63 Å². The first-order chi connectivity index (χ1) is 15.0. The fraction of sp³-hybridized carbons (Fsp3) is 0.364. The second-order valence-electron chi connectivity index (χ2n) is 6.97. The van der Waals surface area contributed by atoms with Crippen molar-refractivity contribution < 1.29 is 23.7 Å². The number of aromatic nitrogens is 1. The van der Waals surface area contributed by atoms with Gasteiger partial charge in [-0.1, -0.05) is 30.6 Å². The molecule has 172 valence electrons. The number of aliphatic hydroxyl groups is 1. The van der Waals surface area contributed by atoms with Gasteiger partial charge in [0.2, 0.25) is 12.0 Å². The largest absolute Gasteiger partial charge is 0.493 e. The number of ether oxygens (including phenoxy) is 3. The van der Waals surface area contributed by atoms with E-state index in [4.69, 9.17) is 41.8 Å². The predicted molar refractivity (Wildman–Crippen MR) is 124 cm³/mol. The predicted octanol–water partition coefficient (Wildman–Crippen LogP) is 5.15. The first-order valence-corrected chi connectivity index (χ1v) is 10.4. The number of hydrogen-bond donors (Lipinski definition) is 2. The summed E-state index contributed by atoms with van der Waals surface area (Å²) in [7, 11) is 1.49. The molecule has 0 amide bonds. The summed E-state index contributed by atoms with van der Waals surface area (Å²) in [6, 6.07) is 4.73. The lowest BCUT2D eigenvalue weighted by molar-refractivity contribution is -0.158. The van der Waals surface area contributed by atoms with E-state index in [1.165, 1.54) is 25.6 Å². The second kappa shape index (κ2) is 10.4.